The van der Waals surface area contributed by atoms with Crippen molar-refractivity contribution in [3.8, 4) is 0 Å². The number of carboxylic acids is 1. The normalized spacial score (nSPS) is 16.9. The van der Waals surface area contributed by atoms with Crippen LogP contribution in [-0.4, -0.2) is 36.7 Å². The van der Waals surface area contributed by atoms with Crippen LogP contribution in [0.5, 0.6) is 0 Å². The summed E-state index contributed by atoms with van der Waals surface area (Å²) in [5, 5.41) is 12.2. The Morgan fingerprint density at radius 2 is 1.78 bits per heavy atom. The molecule has 1 fully saturated rings. The highest BCUT2D eigenvalue weighted by Crippen LogP contribution is 2.48. The van der Waals surface area contributed by atoms with Crippen LogP contribution in [0.3, 0.4) is 0 Å². The van der Waals surface area contributed by atoms with Crippen LogP contribution < -0.4 is 10.2 Å². The van der Waals surface area contributed by atoms with Gasteiger partial charge in [0.15, 0.2) is 11.6 Å². The van der Waals surface area contributed by atoms with Gasteiger partial charge in [-0.2, -0.15) is 0 Å². The van der Waals surface area contributed by atoms with E-state index in [1.54, 1.807) is 24.3 Å². The molecule has 6 nitrogen and oxygen atoms in total. The zero-order valence-electron chi connectivity index (χ0n) is 20.5. The number of benzene rings is 3. The Hall–Kier alpha value is -3.78. The number of ether oxygens (including phenoxy) is 1. The molecule has 2 aliphatic heterocycles. The molecule has 8 heteroatoms. The summed E-state index contributed by atoms with van der Waals surface area (Å²) < 4.78 is 33.1. The molecular weight excluding hydrogens is 478 g/mol. The van der Waals surface area contributed by atoms with Crippen molar-refractivity contribution >= 4 is 17.6 Å². The number of carboxylic acid groups (broad SMARTS) is 1. The lowest BCUT2D eigenvalue weighted by Crippen LogP contribution is -2.38. The zero-order chi connectivity index (χ0) is 26.2. The molecule has 1 atom stereocenters. The van der Waals surface area contributed by atoms with Crippen molar-refractivity contribution < 1.29 is 28.2 Å². The number of halogens is 2. The Labute approximate surface area is 213 Å². The Morgan fingerprint density at radius 3 is 2.46 bits per heavy atom. The Kier molecular flexibility index (Phi) is 6.69. The van der Waals surface area contributed by atoms with Gasteiger partial charge in [0.05, 0.1) is 22.9 Å². The lowest BCUT2D eigenvalue weighted by atomic mass is 9.75. The predicted octanol–water partition coefficient (Wildman–Crippen LogP) is 5.22. The topological polar surface area (TPSA) is 78.9 Å². The minimum atomic E-state index is -1.01. The van der Waals surface area contributed by atoms with Crippen molar-refractivity contribution in [1.29, 1.82) is 0 Å². The van der Waals surface area contributed by atoms with Gasteiger partial charge in [-0.25, -0.2) is 13.6 Å². The first kappa shape index (κ1) is 24.9. The maximum Gasteiger partial charge on any atom is 0.335 e. The lowest BCUT2D eigenvalue weighted by molar-refractivity contribution is 0.0553. The van der Waals surface area contributed by atoms with Crippen molar-refractivity contribution in [1.82, 2.24) is 5.32 Å². The molecule has 0 unspecified atom stereocenters. The summed E-state index contributed by atoms with van der Waals surface area (Å²) >= 11 is 0. The van der Waals surface area contributed by atoms with Crippen molar-refractivity contribution in [3.63, 3.8) is 0 Å². The first-order valence-corrected chi connectivity index (χ1v) is 12.3. The van der Waals surface area contributed by atoms with Gasteiger partial charge in [0.1, 0.15) is 0 Å². The van der Waals surface area contributed by atoms with Crippen LogP contribution in [-0.2, 0) is 16.7 Å². The van der Waals surface area contributed by atoms with Gasteiger partial charge in [-0.05, 0) is 66.8 Å². The van der Waals surface area contributed by atoms with Crippen molar-refractivity contribution in [2.24, 2.45) is 0 Å². The van der Waals surface area contributed by atoms with Gasteiger partial charge in [0.25, 0.3) is 5.91 Å². The van der Waals surface area contributed by atoms with Gasteiger partial charge >= 0.3 is 5.97 Å². The van der Waals surface area contributed by atoms with Crippen LogP contribution in [0.2, 0.25) is 0 Å². The van der Waals surface area contributed by atoms with Gasteiger partial charge in [-0.15, -0.1) is 0 Å². The number of carbonyl (C=O) groups is 2. The van der Waals surface area contributed by atoms with Crippen LogP contribution in [0.1, 0.15) is 63.2 Å². The molecule has 1 amide bonds. The van der Waals surface area contributed by atoms with E-state index in [0.29, 0.717) is 37.4 Å². The number of para-hydroxylation sites is 1. The number of carbonyl (C=O) groups excluding carboxylic acids is 1. The third kappa shape index (κ3) is 4.81. The SMILES string of the molecule is C[C@H](NC(=O)c1cccc2c1N(Cc1ccc(F)c(F)c1)CC21CCOCC1)c1ccc(C(=O)O)cc1. The van der Waals surface area contributed by atoms with Crippen LogP contribution >= 0.6 is 0 Å². The molecule has 0 aromatic heterocycles. The number of nitrogens with zero attached hydrogens (tertiary/aromatic N) is 1. The minimum absolute atomic E-state index is 0.179. The third-order valence-corrected chi connectivity index (χ3v) is 7.47. The standard InChI is InChI=1S/C29H28F2N2O4/c1-18(20-6-8-21(9-7-20)28(35)36)32-27(34)22-3-2-4-23-26(22)33(17-29(23)11-13-37-14-12-29)16-19-5-10-24(30)25(31)15-19/h2-10,15,18H,11-14,16-17H2,1H3,(H,32,34)(H,35,36)/t18-/m0/s1. The molecule has 0 saturated carbocycles. The van der Waals surface area contributed by atoms with E-state index in [1.165, 1.54) is 18.2 Å². The van der Waals surface area contributed by atoms with Crippen LogP contribution in [0.15, 0.2) is 60.7 Å². The molecule has 0 radical (unpaired) electrons. The van der Waals surface area contributed by atoms with E-state index in [2.05, 4.69) is 16.3 Å². The molecule has 3 aromatic rings. The van der Waals surface area contributed by atoms with E-state index in [-0.39, 0.29) is 22.9 Å². The van der Waals surface area contributed by atoms with E-state index in [4.69, 9.17) is 9.84 Å². The molecule has 0 aliphatic carbocycles. The second-order valence-electron chi connectivity index (χ2n) is 9.82. The van der Waals surface area contributed by atoms with Gasteiger partial charge in [0, 0.05) is 31.7 Å². The highest BCUT2D eigenvalue weighted by molar-refractivity contribution is 6.01. The molecule has 2 N–H and O–H groups in total. The monoisotopic (exact) mass is 506 g/mol. The second kappa shape index (κ2) is 9.94. The Bertz CT molecular complexity index is 1340. The molecular formula is C29H28F2N2O4. The van der Waals surface area contributed by atoms with Crippen molar-refractivity contribution in [3.05, 3.63) is 100 Å². The predicted molar refractivity (Wildman–Crippen MR) is 135 cm³/mol. The number of anilines is 1. The van der Waals surface area contributed by atoms with Gasteiger partial charge < -0.3 is 20.1 Å². The third-order valence-electron chi connectivity index (χ3n) is 7.47. The largest absolute Gasteiger partial charge is 0.478 e. The quantitative estimate of drug-likeness (QED) is 0.479. The first-order valence-electron chi connectivity index (χ1n) is 12.3. The fourth-order valence-corrected chi connectivity index (χ4v) is 5.48. The number of hydrogen-bond donors (Lipinski definition) is 2. The lowest BCUT2D eigenvalue weighted by Gasteiger charge is -2.34. The van der Waals surface area contributed by atoms with Gasteiger partial charge in [-0.3, -0.25) is 4.79 Å². The van der Waals surface area contributed by atoms with E-state index in [9.17, 15) is 18.4 Å². The summed E-state index contributed by atoms with van der Waals surface area (Å²) in [5.41, 5.74) is 3.79. The fourth-order valence-electron chi connectivity index (χ4n) is 5.48. The number of hydrogen-bond acceptors (Lipinski definition) is 4. The summed E-state index contributed by atoms with van der Waals surface area (Å²) in [7, 11) is 0. The smallest absolute Gasteiger partial charge is 0.335 e. The highest BCUT2D eigenvalue weighted by atomic mass is 19.2. The summed E-state index contributed by atoms with van der Waals surface area (Å²) in [4.78, 5) is 26.8. The molecule has 2 aliphatic rings. The molecule has 1 saturated heterocycles. The molecule has 3 aromatic carbocycles. The molecule has 2 heterocycles. The van der Waals surface area contributed by atoms with Crippen molar-refractivity contribution in [2.45, 2.75) is 37.8 Å². The minimum Gasteiger partial charge on any atom is -0.478 e. The van der Waals surface area contributed by atoms with E-state index >= 15 is 0 Å². The maximum absolute atomic E-state index is 14.0. The molecule has 0 bridgehead atoms. The summed E-state index contributed by atoms with van der Waals surface area (Å²) in [6, 6.07) is 15.7. The second-order valence-corrected chi connectivity index (χ2v) is 9.82. The van der Waals surface area contributed by atoms with E-state index in [1.807, 2.05) is 13.0 Å². The Morgan fingerprint density at radius 1 is 1.05 bits per heavy atom. The molecule has 37 heavy (non-hydrogen) atoms. The first-order chi connectivity index (χ1) is 17.8. The van der Waals surface area contributed by atoms with E-state index < -0.39 is 17.6 Å². The summed E-state index contributed by atoms with van der Waals surface area (Å²) in [5.74, 6) is -3.05. The van der Waals surface area contributed by atoms with Gasteiger partial charge in [-0.1, -0.05) is 30.3 Å². The number of amides is 1. The number of rotatable bonds is 6. The van der Waals surface area contributed by atoms with Crippen LogP contribution in [0.4, 0.5) is 14.5 Å². The molecule has 1 spiro atoms. The Balaban J connectivity index is 1.46. The fraction of sp³-hybridized carbons (Fsp3) is 0.310. The average Bonchev–Trinajstić information content (AvgIpc) is 3.19. The summed E-state index contributed by atoms with van der Waals surface area (Å²) in [6.07, 6.45) is 1.62. The van der Waals surface area contributed by atoms with Gasteiger partial charge in [0.2, 0.25) is 0 Å². The van der Waals surface area contributed by atoms with Crippen molar-refractivity contribution in [2.75, 3.05) is 24.7 Å². The number of aromatic carboxylic acids is 1. The van der Waals surface area contributed by atoms with E-state index in [0.717, 1.165) is 35.7 Å². The average molecular weight is 507 g/mol. The van der Waals surface area contributed by atoms with Crippen LogP contribution in [0.25, 0.3) is 0 Å². The molecule has 192 valence electrons. The molecule has 5 rings (SSSR count). The number of fused-ring (bicyclic) bond motifs is 2. The van der Waals surface area contributed by atoms with Crippen LogP contribution in [0, 0.1) is 11.6 Å². The number of nitrogens with one attached hydrogen (secondary N) is 1. The maximum atomic E-state index is 14.0. The highest BCUT2D eigenvalue weighted by Gasteiger charge is 2.45. The summed E-state index contributed by atoms with van der Waals surface area (Å²) in [6.45, 7) is 4.08. The zero-order valence-corrected chi connectivity index (χ0v) is 20.5.